The number of amides is 1. The van der Waals surface area contributed by atoms with E-state index < -0.39 is 21.6 Å². The monoisotopic (exact) mass is 300 g/mol. The molecule has 0 bridgehead atoms. The maximum absolute atomic E-state index is 12.0. The highest BCUT2D eigenvalue weighted by molar-refractivity contribution is 7.84. The van der Waals surface area contributed by atoms with E-state index in [1.54, 1.807) is 20.2 Å². The fraction of sp³-hybridized carbons (Fsp3) is 0.455. The lowest BCUT2D eigenvalue weighted by molar-refractivity contribution is -0.385. The number of rotatable bonds is 6. The molecule has 1 aromatic heterocycles. The molecule has 1 rings (SSSR count). The van der Waals surface area contributed by atoms with Crippen molar-refractivity contribution < 1.29 is 13.9 Å². The Hall–Kier alpha value is -2.03. The fourth-order valence-electron chi connectivity index (χ4n) is 1.37. The summed E-state index contributed by atoms with van der Waals surface area (Å²) in [6.07, 6.45) is 2.62. The van der Waals surface area contributed by atoms with Gasteiger partial charge >= 0.3 is 0 Å². The molecule has 1 heterocycles. The molecule has 0 aliphatic carbocycles. The van der Waals surface area contributed by atoms with Gasteiger partial charge in [0.25, 0.3) is 11.6 Å². The van der Waals surface area contributed by atoms with Crippen molar-refractivity contribution in [2.75, 3.05) is 25.2 Å². The van der Waals surface area contributed by atoms with Gasteiger partial charge in [-0.05, 0) is 6.92 Å². The average Bonchev–Trinajstić information content (AvgIpc) is 2.43. The molecule has 0 aromatic carbocycles. The summed E-state index contributed by atoms with van der Waals surface area (Å²) >= 11 is 0. The molecule has 9 heteroatoms. The van der Waals surface area contributed by atoms with Gasteiger partial charge in [-0.1, -0.05) is 0 Å². The van der Waals surface area contributed by atoms with Crippen LogP contribution in [0, 0.1) is 10.1 Å². The first kappa shape index (κ1) is 16.0. The molecule has 0 fully saturated rings. The highest BCUT2D eigenvalue weighted by Crippen LogP contribution is 2.18. The number of nitrogens with zero attached hydrogens (tertiary/aromatic N) is 2. The molecule has 0 saturated carbocycles. The molecular formula is C11H16N4O4S. The predicted molar refractivity (Wildman–Crippen MR) is 76.3 cm³/mol. The standard InChI is InChI=1S/C11H16N4O4S/c1-7(20(3)19)5-14-11(16)9-4-8(15(17)18)6-13-10(9)12-2/h4,6-7H,5H2,1-3H3,(H,12,13)(H,14,16). The van der Waals surface area contributed by atoms with Crippen LogP contribution in [0.5, 0.6) is 0 Å². The Morgan fingerprint density at radius 1 is 1.60 bits per heavy atom. The summed E-state index contributed by atoms with van der Waals surface area (Å²) in [5.41, 5.74) is -0.183. The number of carbonyl (C=O) groups is 1. The van der Waals surface area contributed by atoms with Crippen molar-refractivity contribution in [2.45, 2.75) is 12.2 Å². The zero-order chi connectivity index (χ0) is 15.3. The first-order valence-corrected chi connectivity index (χ1v) is 7.41. The number of anilines is 1. The molecule has 2 atom stereocenters. The normalized spacial score (nSPS) is 13.3. The number of nitro groups is 1. The van der Waals surface area contributed by atoms with Crippen LogP contribution < -0.4 is 10.6 Å². The third-order valence-corrected chi connectivity index (χ3v) is 3.98. The van der Waals surface area contributed by atoms with Gasteiger partial charge in [0.1, 0.15) is 12.0 Å². The quantitative estimate of drug-likeness (QED) is 0.585. The minimum Gasteiger partial charge on any atom is -0.372 e. The maximum atomic E-state index is 12.0. The Kier molecular flexibility index (Phi) is 5.56. The van der Waals surface area contributed by atoms with Gasteiger partial charge in [-0.25, -0.2) is 4.98 Å². The largest absolute Gasteiger partial charge is 0.372 e. The molecule has 0 radical (unpaired) electrons. The van der Waals surface area contributed by atoms with Crippen LogP contribution >= 0.6 is 0 Å². The van der Waals surface area contributed by atoms with Crippen LogP contribution in [0.2, 0.25) is 0 Å². The molecule has 110 valence electrons. The number of pyridine rings is 1. The van der Waals surface area contributed by atoms with Crippen molar-refractivity contribution in [1.29, 1.82) is 0 Å². The molecule has 0 saturated heterocycles. The molecule has 2 N–H and O–H groups in total. The second kappa shape index (κ2) is 6.94. The molecule has 0 aliphatic rings. The molecular weight excluding hydrogens is 284 g/mol. The highest BCUT2D eigenvalue weighted by atomic mass is 32.2. The lowest BCUT2D eigenvalue weighted by atomic mass is 10.2. The van der Waals surface area contributed by atoms with E-state index >= 15 is 0 Å². The second-order valence-electron chi connectivity index (χ2n) is 4.12. The number of aromatic nitrogens is 1. The van der Waals surface area contributed by atoms with Gasteiger partial charge in [-0.2, -0.15) is 0 Å². The summed E-state index contributed by atoms with van der Waals surface area (Å²) in [7, 11) is 0.508. The van der Waals surface area contributed by atoms with Gasteiger partial charge in [0.2, 0.25) is 0 Å². The van der Waals surface area contributed by atoms with Crippen LogP contribution in [0.1, 0.15) is 17.3 Å². The van der Waals surface area contributed by atoms with E-state index in [1.807, 2.05) is 0 Å². The minimum atomic E-state index is -1.06. The Morgan fingerprint density at radius 3 is 2.75 bits per heavy atom. The second-order valence-corrected chi connectivity index (χ2v) is 5.92. The van der Waals surface area contributed by atoms with Crippen LogP contribution in [0.3, 0.4) is 0 Å². The third-order valence-electron chi connectivity index (χ3n) is 2.68. The SMILES string of the molecule is CNc1ncc([N+](=O)[O-])cc1C(=O)NCC(C)S(C)=O. The van der Waals surface area contributed by atoms with E-state index in [0.717, 1.165) is 12.3 Å². The molecule has 8 nitrogen and oxygen atoms in total. The lowest BCUT2D eigenvalue weighted by Crippen LogP contribution is -2.33. The van der Waals surface area contributed by atoms with E-state index in [1.165, 1.54) is 0 Å². The number of hydrogen-bond donors (Lipinski definition) is 2. The summed E-state index contributed by atoms with van der Waals surface area (Å²) < 4.78 is 11.2. The van der Waals surface area contributed by atoms with Crippen LogP contribution in [-0.2, 0) is 10.8 Å². The van der Waals surface area contributed by atoms with Crippen LogP contribution in [0.4, 0.5) is 11.5 Å². The molecule has 1 aromatic rings. The maximum Gasteiger partial charge on any atom is 0.288 e. The summed E-state index contributed by atoms with van der Waals surface area (Å²) in [5, 5.41) is 15.8. The number of nitrogens with one attached hydrogen (secondary N) is 2. The van der Waals surface area contributed by atoms with E-state index in [9.17, 15) is 19.1 Å². The van der Waals surface area contributed by atoms with Gasteiger partial charge in [0.15, 0.2) is 0 Å². The fourth-order valence-corrected chi connectivity index (χ4v) is 1.69. The van der Waals surface area contributed by atoms with Gasteiger partial charge < -0.3 is 10.6 Å². The molecule has 20 heavy (non-hydrogen) atoms. The summed E-state index contributed by atoms with van der Waals surface area (Å²) in [5.74, 6) is -0.249. The first-order valence-electron chi connectivity index (χ1n) is 5.79. The zero-order valence-electron chi connectivity index (χ0n) is 11.4. The summed E-state index contributed by atoms with van der Waals surface area (Å²) in [6, 6.07) is 1.15. The Balaban J connectivity index is 2.93. The van der Waals surface area contributed by atoms with Crippen molar-refractivity contribution in [1.82, 2.24) is 10.3 Å². The molecule has 0 spiro atoms. The Morgan fingerprint density at radius 2 is 2.25 bits per heavy atom. The third kappa shape index (κ3) is 3.98. The van der Waals surface area contributed by atoms with Crippen LogP contribution in [0.15, 0.2) is 12.3 Å². The van der Waals surface area contributed by atoms with Crippen molar-refractivity contribution in [2.24, 2.45) is 0 Å². The van der Waals surface area contributed by atoms with Crippen molar-refractivity contribution in [3.63, 3.8) is 0 Å². The Bertz CT molecular complexity index is 549. The zero-order valence-corrected chi connectivity index (χ0v) is 12.2. The van der Waals surface area contributed by atoms with Crippen LogP contribution in [0.25, 0.3) is 0 Å². The minimum absolute atomic E-state index is 0.0794. The van der Waals surface area contributed by atoms with E-state index in [-0.39, 0.29) is 28.9 Å². The number of hydrogen-bond acceptors (Lipinski definition) is 6. The van der Waals surface area contributed by atoms with Gasteiger partial charge in [-0.3, -0.25) is 19.1 Å². The van der Waals surface area contributed by atoms with Crippen LogP contribution in [-0.4, -0.2) is 45.1 Å². The van der Waals surface area contributed by atoms with E-state index in [2.05, 4.69) is 15.6 Å². The van der Waals surface area contributed by atoms with Gasteiger partial charge in [0.05, 0.1) is 10.5 Å². The Labute approximate surface area is 118 Å². The number of carbonyl (C=O) groups excluding carboxylic acids is 1. The van der Waals surface area contributed by atoms with Gasteiger partial charge in [0, 0.05) is 42.0 Å². The lowest BCUT2D eigenvalue weighted by Gasteiger charge is -2.11. The van der Waals surface area contributed by atoms with Crippen molar-refractivity contribution >= 4 is 28.2 Å². The van der Waals surface area contributed by atoms with E-state index in [4.69, 9.17) is 0 Å². The highest BCUT2D eigenvalue weighted by Gasteiger charge is 2.18. The summed E-state index contributed by atoms with van der Waals surface area (Å²) in [6.45, 7) is 1.95. The molecule has 2 unspecified atom stereocenters. The van der Waals surface area contributed by atoms with Crippen molar-refractivity contribution in [3.05, 3.63) is 27.9 Å². The first-order chi connectivity index (χ1) is 9.36. The molecule has 0 aliphatic heterocycles. The summed E-state index contributed by atoms with van der Waals surface area (Å²) in [4.78, 5) is 25.9. The predicted octanol–water partition coefficient (Wildman–Crippen LogP) is 0.528. The van der Waals surface area contributed by atoms with E-state index in [0.29, 0.717) is 0 Å². The smallest absolute Gasteiger partial charge is 0.288 e. The van der Waals surface area contributed by atoms with Gasteiger partial charge in [-0.15, -0.1) is 0 Å². The molecule has 1 amide bonds. The topological polar surface area (TPSA) is 114 Å². The van der Waals surface area contributed by atoms with Crippen molar-refractivity contribution in [3.8, 4) is 0 Å². The average molecular weight is 300 g/mol.